The minimum absolute atomic E-state index is 0.178. The van der Waals surface area contributed by atoms with Gasteiger partial charge in [-0.1, -0.05) is 0 Å². The number of thioether (sulfide) groups is 1. The fraction of sp³-hybridized carbons (Fsp3) is 0.522. The number of piperidine rings is 1. The van der Waals surface area contributed by atoms with Crippen LogP contribution in [0.2, 0.25) is 0 Å². The Morgan fingerprint density at radius 1 is 0.969 bits per heavy atom. The number of benzene rings is 1. The monoisotopic (exact) mass is 459 g/mol. The summed E-state index contributed by atoms with van der Waals surface area (Å²) in [6, 6.07) is 3.75. The van der Waals surface area contributed by atoms with Crippen molar-refractivity contribution in [2.75, 3.05) is 51.8 Å². The molecule has 172 valence electrons. The van der Waals surface area contributed by atoms with Crippen molar-refractivity contribution in [3.63, 3.8) is 0 Å². The Labute approximate surface area is 192 Å². The molecule has 3 saturated heterocycles. The summed E-state index contributed by atoms with van der Waals surface area (Å²) in [6.07, 6.45) is 6.94. The fourth-order valence-corrected chi connectivity index (χ4v) is 5.21. The van der Waals surface area contributed by atoms with E-state index in [0.29, 0.717) is 30.2 Å². The van der Waals surface area contributed by atoms with Crippen molar-refractivity contribution in [1.29, 1.82) is 0 Å². The van der Waals surface area contributed by atoms with Crippen molar-refractivity contribution in [1.82, 2.24) is 9.80 Å². The molecule has 3 aliphatic rings. The highest BCUT2D eigenvalue weighted by atomic mass is 32.2. The Morgan fingerprint density at radius 2 is 1.62 bits per heavy atom. The van der Waals surface area contributed by atoms with E-state index in [2.05, 4.69) is 4.90 Å². The molecule has 3 heterocycles. The van der Waals surface area contributed by atoms with Gasteiger partial charge >= 0.3 is 0 Å². The predicted octanol–water partition coefficient (Wildman–Crippen LogP) is 3.35. The van der Waals surface area contributed by atoms with Crippen molar-refractivity contribution in [3.05, 3.63) is 22.6 Å². The number of ether oxygens (including phenoxy) is 2. The molecule has 0 bridgehead atoms. The highest BCUT2D eigenvalue weighted by Crippen LogP contribution is 2.40. The lowest BCUT2D eigenvalue weighted by Crippen LogP contribution is -2.44. The normalized spacial score (nSPS) is 20.4. The maximum Gasteiger partial charge on any atom is 0.294 e. The van der Waals surface area contributed by atoms with Gasteiger partial charge in [0, 0.05) is 37.8 Å². The summed E-state index contributed by atoms with van der Waals surface area (Å²) < 4.78 is 11.2. The standard InChI is InChI=1S/C23H29N3O5S/c1-30-18-14-17(24-8-6-7-9-24)19(31-2)12-16(18)13-20-22(28)26(23(29)32-20)15-21(27)25-10-4-3-5-11-25/h12-14H,3-11,15H2,1-2H3. The van der Waals surface area contributed by atoms with Crippen LogP contribution in [0.25, 0.3) is 6.08 Å². The Morgan fingerprint density at radius 3 is 2.28 bits per heavy atom. The number of rotatable bonds is 6. The number of methoxy groups -OCH3 is 2. The summed E-state index contributed by atoms with van der Waals surface area (Å²) >= 11 is 0.848. The Bertz CT molecular complexity index is 936. The van der Waals surface area contributed by atoms with Crippen molar-refractivity contribution < 1.29 is 23.9 Å². The second-order valence-electron chi connectivity index (χ2n) is 8.17. The van der Waals surface area contributed by atoms with Gasteiger partial charge < -0.3 is 19.3 Å². The second kappa shape index (κ2) is 9.85. The highest BCUT2D eigenvalue weighted by molar-refractivity contribution is 8.18. The van der Waals surface area contributed by atoms with Crippen LogP contribution >= 0.6 is 11.8 Å². The summed E-state index contributed by atoms with van der Waals surface area (Å²) in [5.74, 6) is 0.666. The number of anilines is 1. The minimum Gasteiger partial charge on any atom is -0.496 e. The van der Waals surface area contributed by atoms with Crippen LogP contribution in [0.3, 0.4) is 0 Å². The Hall–Kier alpha value is -2.68. The first-order chi connectivity index (χ1) is 15.5. The summed E-state index contributed by atoms with van der Waals surface area (Å²) in [5, 5.41) is -0.425. The lowest BCUT2D eigenvalue weighted by atomic mass is 10.1. The third-order valence-electron chi connectivity index (χ3n) is 6.14. The van der Waals surface area contributed by atoms with E-state index in [1.54, 1.807) is 25.2 Å². The van der Waals surface area contributed by atoms with Crippen LogP contribution in [0, 0.1) is 0 Å². The molecular formula is C23H29N3O5S. The zero-order valence-electron chi connectivity index (χ0n) is 18.6. The molecule has 3 amide bonds. The van der Waals surface area contributed by atoms with Crippen LogP contribution in [0.5, 0.6) is 11.5 Å². The minimum atomic E-state index is -0.449. The van der Waals surface area contributed by atoms with E-state index < -0.39 is 11.1 Å². The van der Waals surface area contributed by atoms with E-state index in [1.165, 1.54) is 0 Å². The number of hydrogen-bond donors (Lipinski definition) is 0. The molecule has 0 atom stereocenters. The first-order valence-electron chi connectivity index (χ1n) is 11.1. The van der Waals surface area contributed by atoms with Gasteiger partial charge in [-0.3, -0.25) is 19.3 Å². The van der Waals surface area contributed by atoms with Crippen LogP contribution in [-0.4, -0.2) is 73.8 Å². The van der Waals surface area contributed by atoms with Crippen molar-refractivity contribution in [3.8, 4) is 11.5 Å². The lowest BCUT2D eigenvalue weighted by molar-refractivity contribution is -0.136. The molecule has 0 N–H and O–H groups in total. The van der Waals surface area contributed by atoms with Crippen LogP contribution < -0.4 is 14.4 Å². The van der Waals surface area contributed by atoms with E-state index in [1.807, 2.05) is 12.1 Å². The Kier molecular flexibility index (Phi) is 6.93. The summed E-state index contributed by atoms with van der Waals surface area (Å²) in [4.78, 5) is 43.3. The second-order valence-corrected chi connectivity index (χ2v) is 9.16. The van der Waals surface area contributed by atoms with E-state index in [0.717, 1.165) is 67.5 Å². The van der Waals surface area contributed by atoms with Gasteiger partial charge in [-0.25, -0.2) is 0 Å². The topological polar surface area (TPSA) is 79.4 Å². The fourth-order valence-electron chi connectivity index (χ4n) is 4.38. The van der Waals surface area contributed by atoms with E-state index >= 15 is 0 Å². The zero-order valence-corrected chi connectivity index (χ0v) is 19.4. The number of likely N-dealkylation sites (tertiary alicyclic amines) is 1. The van der Waals surface area contributed by atoms with Crippen LogP contribution in [0.1, 0.15) is 37.7 Å². The van der Waals surface area contributed by atoms with E-state index in [4.69, 9.17) is 9.47 Å². The van der Waals surface area contributed by atoms with Crippen LogP contribution in [0.4, 0.5) is 10.5 Å². The number of hydrogen-bond acceptors (Lipinski definition) is 7. The predicted molar refractivity (Wildman–Crippen MR) is 124 cm³/mol. The van der Waals surface area contributed by atoms with Crippen molar-refractivity contribution in [2.24, 2.45) is 0 Å². The van der Waals surface area contributed by atoms with Crippen molar-refractivity contribution >= 4 is 40.6 Å². The smallest absolute Gasteiger partial charge is 0.294 e. The number of imide groups is 1. The number of amides is 3. The third-order valence-corrected chi connectivity index (χ3v) is 7.05. The molecule has 1 aromatic carbocycles. The number of nitrogens with zero attached hydrogens (tertiary/aromatic N) is 3. The van der Waals surface area contributed by atoms with Gasteiger partial charge in [-0.05, 0) is 56.0 Å². The quantitative estimate of drug-likeness (QED) is 0.604. The number of carbonyl (C=O) groups excluding carboxylic acids is 3. The van der Waals surface area contributed by atoms with Gasteiger partial charge in [0.25, 0.3) is 11.1 Å². The molecule has 1 aromatic rings. The third kappa shape index (κ3) is 4.57. The molecule has 9 heteroatoms. The maximum absolute atomic E-state index is 12.9. The molecule has 0 spiro atoms. The lowest BCUT2D eigenvalue weighted by Gasteiger charge is -2.27. The van der Waals surface area contributed by atoms with Crippen molar-refractivity contribution in [2.45, 2.75) is 32.1 Å². The first kappa shape index (κ1) is 22.5. The molecule has 0 saturated carbocycles. The average molecular weight is 460 g/mol. The molecular weight excluding hydrogens is 430 g/mol. The summed E-state index contributed by atoms with van der Waals surface area (Å²) in [7, 11) is 3.20. The number of carbonyl (C=O) groups is 3. The molecule has 3 aliphatic heterocycles. The van der Waals surface area contributed by atoms with Gasteiger partial charge in [0.1, 0.15) is 18.0 Å². The highest BCUT2D eigenvalue weighted by Gasteiger charge is 2.37. The average Bonchev–Trinajstić information content (AvgIpc) is 3.44. The summed E-state index contributed by atoms with van der Waals surface area (Å²) in [6.45, 7) is 3.08. The van der Waals surface area contributed by atoms with Gasteiger partial charge in [0.2, 0.25) is 5.91 Å². The van der Waals surface area contributed by atoms with Gasteiger partial charge in [-0.2, -0.15) is 0 Å². The zero-order chi connectivity index (χ0) is 22.7. The molecule has 3 fully saturated rings. The van der Waals surface area contributed by atoms with Crippen LogP contribution in [0.15, 0.2) is 17.0 Å². The van der Waals surface area contributed by atoms with Gasteiger partial charge in [0.15, 0.2) is 0 Å². The maximum atomic E-state index is 12.9. The molecule has 4 rings (SSSR count). The van der Waals surface area contributed by atoms with Crippen LogP contribution in [-0.2, 0) is 9.59 Å². The molecule has 32 heavy (non-hydrogen) atoms. The molecule has 8 nitrogen and oxygen atoms in total. The molecule has 0 unspecified atom stereocenters. The Balaban J connectivity index is 1.56. The largest absolute Gasteiger partial charge is 0.496 e. The summed E-state index contributed by atoms with van der Waals surface area (Å²) in [5.41, 5.74) is 1.61. The molecule has 0 radical (unpaired) electrons. The first-order valence-corrected chi connectivity index (χ1v) is 11.9. The van der Waals surface area contributed by atoms with E-state index in [-0.39, 0.29) is 17.4 Å². The van der Waals surface area contributed by atoms with E-state index in [9.17, 15) is 14.4 Å². The molecule has 0 aliphatic carbocycles. The molecule has 0 aromatic heterocycles. The SMILES string of the molecule is COc1cc(N2CCCC2)c(OC)cc1C=C1SC(=O)N(CC(=O)N2CCCCC2)C1=O. The van der Waals surface area contributed by atoms with Gasteiger partial charge in [0.05, 0.1) is 24.8 Å². The van der Waals surface area contributed by atoms with Gasteiger partial charge in [-0.15, -0.1) is 0 Å².